The Morgan fingerprint density at radius 2 is 0.542 bits per heavy atom. The number of benzene rings is 4. The second-order valence-electron chi connectivity index (χ2n) is 17.5. The predicted molar refractivity (Wildman–Crippen MR) is 201 cm³/mol. The largest absolute Gasteiger partial charge is 0.506 e. The molecule has 0 aromatic heterocycles. The van der Waals surface area contributed by atoms with Gasteiger partial charge in [0.25, 0.3) is 0 Å². The molecule has 0 saturated heterocycles. The van der Waals surface area contributed by atoms with E-state index >= 15 is 0 Å². The van der Waals surface area contributed by atoms with Crippen molar-refractivity contribution in [2.45, 2.75) is 137 Å². The van der Waals surface area contributed by atoms with E-state index in [2.05, 4.69) is 83.1 Å². The molecule has 8 bridgehead atoms. The molecular weight excluding hydrogens is 633 g/mol. The molecule has 0 amide bonds. The normalized spacial score (nSPS) is 14.2. The lowest BCUT2D eigenvalue weighted by atomic mass is 9.83. The second-order valence-corrected chi connectivity index (χ2v) is 19.7. The monoisotopic (exact) mass is 684 g/mol. The van der Waals surface area contributed by atoms with Gasteiger partial charge in [0.05, 0.1) is 19.6 Å². The first-order valence-corrected chi connectivity index (χ1v) is 18.4. The van der Waals surface area contributed by atoms with Crippen LogP contribution >= 0.6 is 23.5 Å². The summed E-state index contributed by atoms with van der Waals surface area (Å²) in [6.07, 6.45) is 0.621. The molecule has 1 aliphatic rings. The fourth-order valence-electron chi connectivity index (χ4n) is 5.89. The van der Waals surface area contributed by atoms with Crippen molar-refractivity contribution in [3.05, 3.63) is 93.0 Å². The lowest BCUT2D eigenvalue weighted by Gasteiger charge is -2.26. The van der Waals surface area contributed by atoms with Crippen LogP contribution in [-0.2, 0) is 34.5 Å². The maximum Gasteiger partial charge on any atom is 0.133 e. The predicted octanol–water partition coefficient (Wildman–Crippen LogP) is 11.5. The lowest BCUT2D eigenvalue weighted by Crippen LogP contribution is -2.14. The standard InChI is InChI=1S/C42H52O4S2/c1-39(2,3)27-15-23-13-24-16-28(40(4,5)6)21-33(36(24)44)48-34-22-30(42(10,11)12)18-26(38(34)46)14-25-17-29(41(7,8)9)20-32(37(25)45)47-31(19-27)35(23)43/h15-22,43-46H,13-14H2,1-12H3. The molecule has 0 radical (unpaired) electrons. The van der Waals surface area contributed by atoms with Crippen molar-refractivity contribution in [1.29, 1.82) is 0 Å². The minimum absolute atomic E-state index is 0.148. The minimum atomic E-state index is -0.208. The first kappa shape index (κ1) is 36.1. The van der Waals surface area contributed by atoms with Gasteiger partial charge in [0, 0.05) is 12.8 Å². The fraction of sp³-hybridized carbons (Fsp3) is 0.429. The summed E-state index contributed by atoms with van der Waals surface area (Å²) in [5.41, 5.74) is 6.23. The van der Waals surface area contributed by atoms with Crippen molar-refractivity contribution in [2.24, 2.45) is 0 Å². The Kier molecular flexibility index (Phi) is 9.23. The van der Waals surface area contributed by atoms with Crippen LogP contribution in [0.15, 0.2) is 68.1 Å². The number of rotatable bonds is 0. The van der Waals surface area contributed by atoms with Crippen molar-refractivity contribution in [3.8, 4) is 23.0 Å². The molecule has 256 valence electrons. The maximum atomic E-state index is 11.9. The number of aromatic hydroxyl groups is 4. The zero-order valence-corrected chi connectivity index (χ0v) is 32.3. The Morgan fingerprint density at radius 3 is 0.708 bits per heavy atom. The van der Waals surface area contributed by atoms with Crippen LogP contribution in [0, 0.1) is 0 Å². The van der Waals surface area contributed by atoms with Crippen LogP contribution in [0.25, 0.3) is 0 Å². The zero-order chi connectivity index (χ0) is 35.7. The summed E-state index contributed by atoms with van der Waals surface area (Å²) < 4.78 is 0. The van der Waals surface area contributed by atoms with E-state index in [9.17, 15) is 20.4 Å². The van der Waals surface area contributed by atoms with Gasteiger partial charge in [-0.3, -0.25) is 0 Å². The van der Waals surface area contributed by atoms with Gasteiger partial charge in [-0.2, -0.15) is 0 Å². The average Bonchev–Trinajstić information content (AvgIpc) is 2.93. The first-order valence-electron chi connectivity index (χ1n) is 16.7. The number of phenols is 4. The highest BCUT2D eigenvalue weighted by atomic mass is 32.2. The SMILES string of the molecule is CC(C)(C)c1cc2c(O)c(c1)Sc1cc(C(C)(C)C)cc(c1O)Cc1cc(C(C)(C)C)cc(c1O)Sc1cc(C(C)(C)C)cc(c1O)C2. The van der Waals surface area contributed by atoms with E-state index < -0.39 is 0 Å². The Balaban J connectivity index is 1.89. The molecule has 0 unspecified atom stereocenters. The smallest absolute Gasteiger partial charge is 0.133 e. The molecule has 1 aliphatic heterocycles. The summed E-state index contributed by atoms with van der Waals surface area (Å²) in [4.78, 5) is 2.60. The van der Waals surface area contributed by atoms with E-state index in [1.165, 1.54) is 23.5 Å². The third-order valence-electron chi connectivity index (χ3n) is 9.28. The molecular formula is C42H52O4S2. The first-order chi connectivity index (χ1) is 21.9. The van der Waals surface area contributed by atoms with Gasteiger partial charge < -0.3 is 20.4 Å². The van der Waals surface area contributed by atoms with E-state index in [1.807, 2.05) is 48.5 Å². The van der Waals surface area contributed by atoms with Crippen LogP contribution in [0.1, 0.15) is 128 Å². The van der Waals surface area contributed by atoms with Gasteiger partial charge in [-0.15, -0.1) is 0 Å². The molecule has 5 rings (SSSR count). The number of hydrogen-bond donors (Lipinski definition) is 4. The van der Waals surface area contributed by atoms with Gasteiger partial charge in [-0.1, -0.05) is 131 Å². The Labute approximate surface area is 296 Å². The summed E-state index contributed by atoms with van der Waals surface area (Å²) in [6, 6.07) is 16.3. The van der Waals surface area contributed by atoms with Crippen LogP contribution in [0.5, 0.6) is 23.0 Å². The molecule has 4 aromatic carbocycles. The van der Waals surface area contributed by atoms with Crippen molar-refractivity contribution < 1.29 is 20.4 Å². The summed E-state index contributed by atoms with van der Waals surface area (Å²) in [6.45, 7) is 25.8. The van der Waals surface area contributed by atoms with Crippen molar-refractivity contribution in [3.63, 3.8) is 0 Å². The van der Waals surface area contributed by atoms with Crippen LogP contribution in [0.2, 0.25) is 0 Å². The summed E-state index contributed by atoms with van der Waals surface area (Å²) in [7, 11) is 0. The molecule has 4 nitrogen and oxygen atoms in total. The highest BCUT2D eigenvalue weighted by Crippen LogP contribution is 2.50. The van der Waals surface area contributed by atoms with Gasteiger partial charge in [0.15, 0.2) is 0 Å². The molecule has 1 heterocycles. The number of fused-ring (bicyclic) bond motifs is 8. The molecule has 0 saturated carbocycles. The molecule has 48 heavy (non-hydrogen) atoms. The van der Waals surface area contributed by atoms with E-state index in [-0.39, 0.29) is 44.7 Å². The van der Waals surface area contributed by atoms with E-state index in [1.54, 1.807) is 0 Å². The van der Waals surface area contributed by atoms with Crippen molar-refractivity contribution in [1.82, 2.24) is 0 Å². The van der Waals surface area contributed by atoms with E-state index in [4.69, 9.17) is 0 Å². The lowest BCUT2D eigenvalue weighted by molar-refractivity contribution is 0.445. The van der Waals surface area contributed by atoms with Crippen LogP contribution in [-0.4, -0.2) is 20.4 Å². The zero-order valence-electron chi connectivity index (χ0n) is 30.6. The Bertz CT molecular complexity index is 1520. The van der Waals surface area contributed by atoms with Gasteiger partial charge in [0.1, 0.15) is 23.0 Å². The summed E-state index contributed by atoms with van der Waals surface area (Å²) in [5.74, 6) is 0.591. The van der Waals surface area contributed by atoms with Gasteiger partial charge >= 0.3 is 0 Å². The second kappa shape index (κ2) is 12.3. The fourth-order valence-corrected chi connectivity index (χ4v) is 8.02. The minimum Gasteiger partial charge on any atom is -0.506 e. The van der Waals surface area contributed by atoms with E-state index in [0.717, 1.165) is 22.3 Å². The average molecular weight is 685 g/mol. The molecule has 6 heteroatoms. The van der Waals surface area contributed by atoms with Crippen molar-refractivity contribution >= 4 is 23.5 Å². The highest BCUT2D eigenvalue weighted by molar-refractivity contribution is 7.99. The number of hydrogen-bond acceptors (Lipinski definition) is 6. The van der Waals surface area contributed by atoms with Crippen molar-refractivity contribution in [2.75, 3.05) is 0 Å². The topological polar surface area (TPSA) is 80.9 Å². The third-order valence-corrected chi connectivity index (χ3v) is 11.4. The number of phenolic OH excluding ortho intramolecular Hbond substituents is 4. The highest BCUT2D eigenvalue weighted by Gasteiger charge is 2.28. The molecule has 0 spiro atoms. The summed E-state index contributed by atoms with van der Waals surface area (Å²) in [5, 5.41) is 47.5. The van der Waals surface area contributed by atoms with Gasteiger partial charge in [0.2, 0.25) is 0 Å². The van der Waals surface area contributed by atoms with E-state index in [0.29, 0.717) is 54.7 Å². The molecule has 0 atom stereocenters. The van der Waals surface area contributed by atoms with Gasteiger partial charge in [-0.05, 0) is 90.4 Å². The quantitative estimate of drug-likeness (QED) is 0.130. The molecule has 4 aromatic rings. The molecule has 0 fully saturated rings. The Morgan fingerprint density at radius 1 is 0.354 bits per heavy atom. The van der Waals surface area contributed by atoms with Crippen LogP contribution in [0.4, 0.5) is 0 Å². The molecule has 4 N–H and O–H groups in total. The Hall–Kier alpha value is -3.22. The molecule has 0 aliphatic carbocycles. The van der Waals surface area contributed by atoms with Crippen LogP contribution in [0.3, 0.4) is 0 Å². The third kappa shape index (κ3) is 7.35. The van der Waals surface area contributed by atoms with Crippen LogP contribution < -0.4 is 0 Å². The maximum absolute atomic E-state index is 11.9. The van der Waals surface area contributed by atoms with Gasteiger partial charge in [-0.25, -0.2) is 0 Å². The summed E-state index contributed by atoms with van der Waals surface area (Å²) >= 11 is 2.72.